The zero-order valence-corrected chi connectivity index (χ0v) is 13.6. The van der Waals surface area contributed by atoms with Crippen LogP contribution in [0.1, 0.15) is 16.8 Å². The smallest absolute Gasteiger partial charge is 0.335 e. The van der Waals surface area contributed by atoms with Crippen LogP contribution in [0.25, 0.3) is 11.1 Å². The van der Waals surface area contributed by atoms with Crippen molar-refractivity contribution < 1.29 is 32.6 Å². The number of carboxylic acids is 2. The molecule has 0 aromatic heterocycles. The molecule has 0 aliphatic heterocycles. The molecule has 0 aliphatic carbocycles. The van der Waals surface area contributed by atoms with Crippen LogP contribution in [0.4, 0.5) is 4.39 Å². The van der Waals surface area contributed by atoms with Gasteiger partial charge in [0.05, 0.1) is 16.9 Å². The van der Waals surface area contributed by atoms with Crippen LogP contribution in [-0.2, 0) is 14.8 Å². The summed E-state index contributed by atoms with van der Waals surface area (Å²) in [5.41, 5.74) is 0.246. The molecule has 2 aromatic carbocycles. The average Bonchev–Trinajstić information content (AvgIpc) is 2.54. The van der Waals surface area contributed by atoms with Gasteiger partial charge in [-0.2, -0.15) is 0 Å². The van der Waals surface area contributed by atoms with E-state index in [1.165, 1.54) is 24.3 Å². The molecule has 0 fully saturated rings. The number of carboxylic acid groups (broad SMARTS) is 2. The number of benzene rings is 2. The number of rotatable bonds is 7. The lowest BCUT2D eigenvalue weighted by atomic mass is 10.0. The monoisotopic (exact) mass is 367 g/mol. The summed E-state index contributed by atoms with van der Waals surface area (Å²) in [4.78, 5) is 21.3. The summed E-state index contributed by atoms with van der Waals surface area (Å²) in [6.07, 6.45) is -0.357. The number of carbonyl (C=O) groups is 2. The lowest BCUT2D eigenvalue weighted by Gasteiger charge is -2.08. The van der Waals surface area contributed by atoms with Gasteiger partial charge in [-0.1, -0.05) is 12.1 Å². The van der Waals surface area contributed by atoms with E-state index in [2.05, 4.69) is 4.72 Å². The maximum atomic E-state index is 13.9. The molecule has 0 unspecified atom stereocenters. The van der Waals surface area contributed by atoms with Gasteiger partial charge in [-0.3, -0.25) is 4.79 Å². The van der Waals surface area contributed by atoms with Crippen LogP contribution in [-0.4, -0.2) is 37.1 Å². The van der Waals surface area contributed by atoms with Gasteiger partial charge < -0.3 is 10.2 Å². The van der Waals surface area contributed by atoms with Gasteiger partial charge >= 0.3 is 11.9 Å². The quantitative estimate of drug-likeness (QED) is 0.688. The Morgan fingerprint density at radius 1 is 1.04 bits per heavy atom. The molecule has 0 saturated carbocycles. The van der Waals surface area contributed by atoms with E-state index in [1.54, 1.807) is 0 Å². The Bertz CT molecular complexity index is 909. The van der Waals surface area contributed by atoms with Crippen molar-refractivity contribution in [2.45, 2.75) is 11.3 Å². The highest BCUT2D eigenvalue weighted by Gasteiger charge is 2.15. The van der Waals surface area contributed by atoms with E-state index < -0.39 is 27.8 Å². The van der Waals surface area contributed by atoms with Crippen molar-refractivity contribution >= 4 is 22.0 Å². The van der Waals surface area contributed by atoms with Crippen LogP contribution >= 0.6 is 0 Å². The number of sulfonamides is 1. The van der Waals surface area contributed by atoms with E-state index in [0.717, 1.165) is 18.2 Å². The first-order chi connectivity index (χ1) is 11.7. The van der Waals surface area contributed by atoms with Gasteiger partial charge in [0, 0.05) is 12.1 Å². The fourth-order valence-corrected chi connectivity index (χ4v) is 3.10. The third-order valence-electron chi connectivity index (χ3n) is 3.32. The highest BCUT2D eigenvalue weighted by Crippen LogP contribution is 2.25. The minimum atomic E-state index is -3.89. The zero-order chi connectivity index (χ0) is 18.6. The molecule has 3 N–H and O–H groups in total. The molecule has 2 rings (SSSR count). The molecule has 25 heavy (non-hydrogen) atoms. The fourth-order valence-electron chi connectivity index (χ4n) is 2.07. The number of hydrogen-bond acceptors (Lipinski definition) is 4. The first-order valence-electron chi connectivity index (χ1n) is 7.05. The first-order valence-corrected chi connectivity index (χ1v) is 8.54. The second kappa shape index (κ2) is 7.41. The Labute approximate surface area is 142 Å². The number of aliphatic carboxylic acids is 1. The molecule has 0 radical (unpaired) electrons. The van der Waals surface area contributed by atoms with Crippen molar-refractivity contribution in [1.82, 2.24) is 4.72 Å². The second-order valence-electron chi connectivity index (χ2n) is 5.07. The molecule has 0 amide bonds. The van der Waals surface area contributed by atoms with E-state index in [0.29, 0.717) is 5.56 Å². The lowest BCUT2D eigenvalue weighted by Crippen LogP contribution is -2.26. The van der Waals surface area contributed by atoms with E-state index in [-0.39, 0.29) is 29.0 Å². The van der Waals surface area contributed by atoms with E-state index >= 15 is 0 Å². The van der Waals surface area contributed by atoms with Crippen LogP contribution < -0.4 is 4.72 Å². The summed E-state index contributed by atoms with van der Waals surface area (Å²) < 4.78 is 40.1. The van der Waals surface area contributed by atoms with E-state index in [9.17, 15) is 22.4 Å². The van der Waals surface area contributed by atoms with Gasteiger partial charge in [-0.05, 0) is 35.9 Å². The lowest BCUT2D eigenvalue weighted by molar-refractivity contribution is -0.136. The SMILES string of the molecule is O=C(O)CCNS(=O)(=O)c1ccc(-c2cc(C(=O)O)ccc2F)cc1. The van der Waals surface area contributed by atoms with Crippen molar-refractivity contribution in [1.29, 1.82) is 0 Å². The highest BCUT2D eigenvalue weighted by molar-refractivity contribution is 7.89. The third kappa shape index (κ3) is 4.61. The summed E-state index contributed by atoms with van der Waals surface area (Å²) in [6.45, 7) is -0.255. The summed E-state index contributed by atoms with van der Waals surface area (Å²) in [6, 6.07) is 8.46. The van der Waals surface area contributed by atoms with Gasteiger partial charge in [0.15, 0.2) is 0 Å². The Morgan fingerprint density at radius 3 is 2.24 bits per heavy atom. The Kier molecular flexibility index (Phi) is 5.50. The Morgan fingerprint density at radius 2 is 1.68 bits per heavy atom. The van der Waals surface area contributed by atoms with E-state index in [1.807, 2.05) is 0 Å². The Balaban J connectivity index is 2.27. The minimum absolute atomic E-state index is 0.0303. The number of nitrogens with one attached hydrogen (secondary N) is 1. The molecule has 0 aliphatic rings. The van der Waals surface area contributed by atoms with Crippen molar-refractivity contribution in [3.8, 4) is 11.1 Å². The summed E-state index contributed by atoms with van der Waals surface area (Å²) in [5.74, 6) is -2.98. The van der Waals surface area contributed by atoms with Crippen molar-refractivity contribution in [2.24, 2.45) is 0 Å². The molecular weight excluding hydrogens is 353 g/mol. The molecule has 0 bridgehead atoms. The maximum absolute atomic E-state index is 13.9. The van der Waals surface area contributed by atoms with Gasteiger partial charge in [0.2, 0.25) is 10.0 Å². The standard InChI is InChI=1S/C16H14FNO6S/c17-14-6-3-11(16(21)22)9-13(14)10-1-4-12(5-2-10)25(23,24)18-8-7-15(19)20/h1-6,9,18H,7-8H2,(H,19,20)(H,21,22). The van der Waals surface area contributed by atoms with Crippen LogP contribution in [0.15, 0.2) is 47.4 Å². The topological polar surface area (TPSA) is 121 Å². The molecule has 9 heteroatoms. The van der Waals surface area contributed by atoms with Crippen molar-refractivity contribution in [3.63, 3.8) is 0 Å². The molecule has 0 atom stereocenters. The van der Waals surface area contributed by atoms with Crippen molar-refractivity contribution in [3.05, 3.63) is 53.8 Å². The van der Waals surface area contributed by atoms with Gasteiger partial charge in [-0.25, -0.2) is 22.3 Å². The fraction of sp³-hybridized carbons (Fsp3) is 0.125. The molecular formula is C16H14FNO6S. The number of halogens is 1. The van der Waals surface area contributed by atoms with Gasteiger partial charge in [0.1, 0.15) is 5.82 Å². The van der Waals surface area contributed by atoms with Crippen LogP contribution in [0, 0.1) is 5.82 Å². The zero-order valence-electron chi connectivity index (χ0n) is 12.8. The van der Waals surface area contributed by atoms with Crippen LogP contribution in [0.2, 0.25) is 0 Å². The molecule has 0 saturated heterocycles. The summed E-state index contributed by atoms with van der Waals surface area (Å²) >= 11 is 0. The summed E-state index contributed by atoms with van der Waals surface area (Å²) in [5, 5.41) is 17.5. The van der Waals surface area contributed by atoms with Gasteiger partial charge in [0.25, 0.3) is 0 Å². The molecule has 0 heterocycles. The minimum Gasteiger partial charge on any atom is -0.481 e. The van der Waals surface area contributed by atoms with Crippen LogP contribution in [0.5, 0.6) is 0 Å². The number of aromatic carboxylic acids is 1. The predicted octanol–water partition coefficient (Wildman–Crippen LogP) is 1.94. The molecule has 132 valence electrons. The van der Waals surface area contributed by atoms with E-state index in [4.69, 9.17) is 10.2 Å². The maximum Gasteiger partial charge on any atom is 0.335 e. The van der Waals surface area contributed by atoms with Crippen molar-refractivity contribution in [2.75, 3.05) is 6.54 Å². The highest BCUT2D eigenvalue weighted by atomic mass is 32.2. The molecule has 2 aromatic rings. The van der Waals surface area contributed by atoms with Gasteiger partial charge in [-0.15, -0.1) is 0 Å². The predicted molar refractivity (Wildman–Crippen MR) is 86.2 cm³/mol. The average molecular weight is 367 g/mol. The summed E-state index contributed by atoms with van der Waals surface area (Å²) in [7, 11) is -3.89. The molecule has 0 spiro atoms. The largest absolute Gasteiger partial charge is 0.481 e. The molecule has 7 nitrogen and oxygen atoms in total. The Hall–Kier alpha value is -2.78. The normalized spacial score (nSPS) is 11.2. The number of hydrogen-bond donors (Lipinski definition) is 3. The third-order valence-corrected chi connectivity index (χ3v) is 4.80. The van der Waals surface area contributed by atoms with Crippen LogP contribution in [0.3, 0.4) is 0 Å². The first kappa shape index (κ1) is 18.6. The second-order valence-corrected chi connectivity index (χ2v) is 6.83.